The highest BCUT2D eigenvalue weighted by molar-refractivity contribution is 5.85. The van der Waals surface area contributed by atoms with Crippen molar-refractivity contribution in [1.29, 1.82) is 5.26 Å². The molecule has 6 nitrogen and oxygen atoms in total. The topological polar surface area (TPSA) is 74.6 Å². The van der Waals surface area contributed by atoms with Crippen LogP contribution in [0.25, 0.3) is 0 Å². The molecule has 1 N–H and O–H groups in total. The molecule has 1 aliphatic heterocycles. The molecule has 1 heterocycles. The summed E-state index contributed by atoms with van der Waals surface area (Å²) < 4.78 is 10.3. The van der Waals surface area contributed by atoms with Crippen LogP contribution >= 0.6 is 0 Å². The van der Waals surface area contributed by atoms with E-state index in [1.54, 1.807) is 14.0 Å². The average Bonchev–Trinajstić information content (AvgIpc) is 3.02. The predicted octanol–water partition coefficient (Wildman–Crippen LogP) is 4.76. The maximum Gasteiger partial charge on any atom is 0.411 e. The van der Waals surface area contributed by atoms with Crippen LogP contribution < -0.4 is 15.0 Å². The zero-order valence-corrected chi connectivity index (χ0v) is 16.7. The number of nitriles is 1. The van der Waals surface area contributed by atoms with Gasteiger partial charge in [-0.15, -0.1) is 0 Å². The quantitative estimate of drug-likeness (QED) is 0.811. The van der Waals surface area contributed by atoms with Gasteiger partial charge in [-0.2, -0.15) is 5.26 Å². The monoisotopic (exact) mass is 379 g/mol. The minimum atomic E-state index is -0.469. The maximum absolute atomic E-state index is 11.7. The second-order valence-corrected chi connectivity index (χ2v) is 6.68. The van der Waals surface area contributed by atoms with E-state index in [1.165, 1.54) is 0 Å². The number of nitrogens with zero attached hydrogens (tertiary/aromatic N) is 2. The van der Waals surface area contributed by atoms with Gasteiger partial charge in [-0.1, -0.05) is 18.2 Å². The Morgan fingerprint density at radius 2 is 2.04 bits per heavy atom. The molecular weight excluding hydrogens is 354 g/mol. The Hall–Kier alpha value is -3.20. The zero-order valence-electron chi connectivity index (χ0n) is 16.7. The standard InChI is InChI=1S/C22H25N3O3/c1-5-25-20-12-16(27-4)8-9-17(20)18(13-23)21(25)15-7-10-19(14(3)11-15)24-22(26)28-6-2/h7-12,18,21H,5-6H2,1-4H3,(H,24,26). The highest BCUT2D eigenvalue weighted by atomic mass is 16.5. The highest BCUT2D eigenvalue weighted by Gasteiger charge is 2.39. The number of amides is 1. The second kappa shape index (κ2) is 8.22. The van der Waals surface area contributed by atoms with Crippen molar-refractivity contribution in [3.63, 3.8) is 0 Å². The van der Waals surface area contributed by atoms with Gasteiger partial charge in [0.25, 0.3) is 0 Å². The van der Waals surface area contributed by atoms with Crippen molar-refractivity contribution < 1.29 is 14.3 Å². The van der Waals surface area contributed by atoms with Crippen molar-refractivity contribution in [2.45, 2.75) is 32.7 Å². The van der Waals surface area contributed by atoms with Crippen molar-refractivity contribution in [1.82, 2.24) is 0 Å². The second-order valence-electron chi connectivity index (χ2n) is 6.68. The number of ether oxygens (including phenoxy) is 2. The molecule has 0 fully saturated rings. The Bertz CT molecular complexity index is 920. The van der Waals surface area contributed by atoms with E-state index in [4.69, 9.17) is 9.47 Å². The molecule has 146 valence electrons. The number of nitrogens with one attached hydrogen (secondary N) is 1. The third-order valence-corrected chi connectivity index (χ3v) is 5.12. The van der Waals surface area contributed by atoms with E-state index in [1.807, 2.05) is 43.3 Å². The normalized spacial score (nSPS) is 17.6. The number of anilines is 2. The molecule has 2 aromatic carbocycles. The van der Waals surface area contributed by atoms with Gasteiger partial charge in [0.2, 0.25) is 0 Å². The number of rotatable bonds is 5. The van der Waals surface area contributed by atoms with Crippen molar-refractivity contribution in [3.05, 3.63) is 53.1 Å². The number of hydrogen-bond donors (Lipinski definition) is 1. The number of hydrogen-bond acceptors (Lipinski definition) is 5. The lowest BCUT2D eigenvalue weighted by atomic mass is 9.90. The third kappa shape index (κ3) is 3.48. The molecule has 0 saturated heterocycles. The van der Waals surface area contributed by atoms with E-state index in [0.29, 0.717) is 12.3 Å². The summed E-state index contributed by atoms with van der Waals surface area (Å²) in [6.45, 7) is 6.88. The smallest absolute Gasteiger partial charge is 0.411 e. The van der Waals surface area contributed by atoms with Gasteiger partial charge in [-0.25, -0.2) is 4.79 Å². The summed E-state index contributed by atoms with van der Waals surface area (Å²) in [6, 6.07) is 14.1. The molecule has 2 aromatic rings. The Balaban J connectivity index is 1.97. The summed E-state index contributed by atoms with van der Waals surface area (Å²) in [7, 11) is 1.64. The minimum Gasteiger partial charge on any atom is -0.497 e. The molecule has 2 atom stereocenters. The van der Waals surface area contributed by atoms with Crippen molar-refractivity contribution in [2.24, 2.45) is 0 Å². The molecular formula is C22H25N3O3. The number of carbonyl (C=O) groups is 1. The largest absolute Gasteiger partial charge is 0.497 e. The van der Waals surface area contributed by atoms with E-state index in [2.05, 4.69) is 23.2 Å². The summed E-state index contributed by atoms with van der Waals surface area (Å²) >= 11 is 0. The summed E-state index contributed by atoms with van der Waals surface area (Å²) in [5.41, 5.74) is 4.71. The Labute approximate surface area is 165 Å². The molecule has 2 unspecified atom stereocenters. The van der Waals surface area contributed by atoms with Crippen molar-refractivity contribution in [3.8, 4) is 11.8 Å². The van der Waals surface area contributed by atoms with Crippen LogP contribution in [0.2, 0.25) is 0 Å². The molecule has 0 radical (unpaired) electrons. The van der Waals surface area contributed by atoms with Gasteiger partial charge in [-0.3, -0.25) is 5.32 Å². The Morgan fingerprint density at radius 1 is 1.25 bits per heavy atom. The lowest BCUT2D eigenvalue weighted by Gasteiger charge is -2.28. The molecule has 3 rings (SSSR count). The number of carbonyl (C=O) groups excluding carboxylic acids is 1. The van der Waals surface area contributed by atoms with E-state index in [-0.39, 0.29) is 12.0 Å². The first-order valence-corrected chi connectivity index (χ1v) is 9.42. The molecule has 1 amide bonds. The fourth-order valence-corrected chi connectivity index (χ4v) is 3.83. The predicted molar refractivity (Wildman–Crippen MR) is 109 cm³/mol. The summed E-state index contributed by atoms with van der Waals surface area (Å²) in [6.07, 6.45) is -0.469. The maximum atomic E-state index is 11.7. The van der Waals surface area contributed by atoms with Crippen LogP contribution in [0.4, 0.5) is 16.2 Å². The van der Waals surface area contributed by atoms with Gasteiger partial charge >= 0.3 is 6.09 Å². The molecule has 1 aliphatic rings. The first kappa shape index (κ1) is 19.6. The van der Waals surface area contributed by atoms with Crippen molar-refractivity contribution >= 4 is 17.5 Å². The Morgan fingerprint density at radius 3 is 2.64 bits per heavy atom. The molecule has 0 bridgehead atoms. The number of methoxy groups -OCH3 is 1. The molecule has 0 aliphatic carbocycles. The van der Waals surface area contributed by atoms with Crippen LogP contribution in [-0.4, -0.2) is 26.4 Å². The average molecular weight is 379 g/mol. The number of fused-ring (bicyclic) bond motifs is 1. The third-order valence-electron chi connectivity index (χ3n) is 5.12. The fraction of sp³-hybridized carbons (Fsp3) is 0.364. The summed E-state index contributed by atoms with van der Waals surface area (Å²) in [4.78, 5) is 14.0. The number of benzene rings is 2. The lowest BCUT2D eigenvalue weighted by Crippen LogP contribution is -2.26. The molecule has 0 saturated carbocycles. The first-order chi connectivity index (χ1) is 13.5. The lowest BCUT2D eigenvalue weighted by molar-refractivity contribution is 0.168. The number of likely N-dealkylation sites (N-methyl/N-ethyl adjacent to an activating group) is 1. The van der Waals surface area contributed by atoms with Gasteiger partial charge in [0, 0.05) is 24.0 Å². The van der Waals surface area contributed by atoms with Crippen molar-refractivity contribution in [2.75, 3.05) is 30.5 Å². The van der Waals surface area contributed by atoms with Gasteiger partial charge in [0.15, 0.2) is 0 Å². The summed E-state index contributed by atoms with van der Waals surface area (Å²) in [5.74, 6) is 0.504. The van der Waals surface area contributed by atoms with Crippen LogP contribution in [-0.2, 0) is 4.74 Å². The summed E-state index contributed by atoms with van der Waals surface area (Å²) in [5, 5.41) is 12.7. The first-order valence-electron chi connectivity index (χ1n) is 9.42. The Kier molecular flexibility index (Phi) is 5.74. The highest BCUT2D eigenvalue weighted by Crippen LogP contribution is 2.49. The van der Waals surface area contributed by atoms with Gasteiger partial charge in [-0.05, 0) is 49.6 Å². The van der Waals surface area contributed by atoms with Crippen LogP contribution in [0, 0.1) is 18.3 Å². The van der Waals surface area contributed by atoms with E-state index >= 15 is 0 Å². The van der Waals surface area contributed by atoms with E-state index in [0.717, 1.165) is 34.7 Å². The van der Waals surface area contributed by atoms with Crippen LogP contribution in [0.3, 0.4) is 0 Å². The number of aryl methyl sites for hydroxylation is 1. The van der Waals surface area contributed by atoms with Gasteiger partial charge < -0.3 is 14.4 Å². The molecule has 0 spiro atoms. The molecule has 0 aromatic heterocycles. The van der Waals surface area contributed by atoms with Gasteiger partial charge in [0.05, 0.1) is 31.7 Å². The molecule has 28 heavy (non-hydrogen) atoms. The molecule has 6 heteroatoms. The SMILES string of the molecule is CCOC(=O)Nc1ccc(C2C(C#N)c3ccc(OC)cc3N2CC)cc1C. The van der Waals surface area contributed by atoms with Gasteiger partial charge in [0.1, 0.15) is 5.75 Å². The van der Waals surface area contributed by atoms with E-state index in [9.17, 15) is 10.1 Å². The zero-order chi connectivity index (χ0) is 20.3. The van der Waals surface area contributed by atoms with Crippen LogP contribution in [0.15, 0.2) is 36.4 Å². The van der Waals surface area contributed by atoms with E-state index < -0.39 is 6.09 Å². The van der Waals surface area contributed by atoms with Crippen LogP contribution in [0.5, 0.6) is 5.75 Å². The fourth-order valence-electron chi connectivity index (χ4n) is 3.83. The minimum absolute atomic E-state index is 0.0903. The van der Waals surface area contributed by atoms with Crippen LogP contribution in [0.1, 0.15) is 42.5 Å².